The summed E-state index contributed by atoms with van der Waals surface area (Å²) in [4.78, 5) is 8.09. The lowest BCUT2D eigenvalue weighted by Crippen LogP contribution is -2.17. The van der Waals surface area contributed by atoms with Gasteiger partial charge in [-0.15, -0.1) is 21.5 Å². The van der Waals surface area contributed by atoms with Gasteiger partial charge in [0.15, 0.2) is 5.01 Å². The molecule has 1 saturated heterocycles. The van der Waals surface area contributed by atoms with Crippen LogP contribution in [0.15, 0.2) is 6.20 Å². The van der Waals surface area contributed by atoms with Crippen molar-refractivity contribution in [2.45, 2.75) is 26.3 Å². The maximum absolute atomic E-state index is 4.51. The zero-order chi connectivity index (χ0) is 13.1. The highest BCUT2D eigenvalue weighted by Gasteiger charge is 2.15. The van der Waals surface area contributed by atoms with Crippen LogP contribution in [0, 0.1) is 0 Å². The Kier molecular flexibility index (Phi) is 4.05. The van der Waals surface area contributed by atoms with Gasteiger partial charge < -0.3 is 5.32 Å². The average Bonchev–Trinajstić information content (AvgIpc) is 3.10. The third-order valence-corrected chi connectivity index (χ3v) is 5.11. The normalized spacial score (nSPS) is 16.1. The Morgan fingerprint density at radius 2 is 2.11 bits per heavy atom. The van der Waals surface area contributed by atoms with Crippen LogP contribution in [0.5, 0.6) is 0 Å². The van der Waals surface area contributed by atoms with E-state index in [-0.39, 0.29) is 0 Å². The molecule has 0 spiro atoms. The molecule has 5 nitrogen and oxygen atoms in total. The number of nitrogens with one attached hydrogen (secondary N) is 1. The Hall–Kier alpha value is -1.05. The summed E-state index contributed by atoms with van der Waals surface area (Å²) in [6.07, 6.45) is 4.56. The lowest BCUT2D eigenvalue weighted by molar-refractivity contribution is 0.331. The molecule has 0 amide bonds. The molecule has 0 saturated carbocycles. The fraction of sp³-hybridized carbons (Fsp3) is 0.583. The van der Waals surface area contributed by atoms with E-state index >= 15 is 0 Å². The van der Waals surface area contributed by atoms with E-state index in [4.69, 9.17) is 0 Å². The van der Waals surface area contributed by atoms with E-state index in [1.54, 1.807) is 22.7 Å². The maximum Gasteiger partial charge on any atom is 0.206 e. The molecule has 2 aromatic rings. The third kappa shape index (κ3) is 3.10. The van der Waals surface area contributed by atoms with Crippen molar-refractivity contribution in [1.82, 2.24) is 20.1 Å². The zero-order valence-electron chi connectivity index (χ0n) is 10.9. The first-order valence-electron chi connectivity index (χ1n) is 6.60. The Bertz CT molecular complexity index is 530. The van der Waals surface area contributed by atoms with Crippen molar-refractivity contribution < 1.29 is 0 Å². The van der Waals surface area contributed by atoms with E-state index < -0.39 is 0 Å². The minimum Gasteiger partial charge on any atom is -0.360 e. The van der Waals surface area contributed by atoms with E-state index in [2.05, 4.69) is 32.3 Å². The summed E-state index contributed by atoms with van der Waals surface area (Å²) in [5, 5.41) is 14.5. The van der Waals surface area contributed by atoms with Crippen molar-refractivity contribution in [2.75, 3.05) is 25.0 Å². The van der Waals surface area contributed by atoms with E-state index in [0.29, 0.717) is 0 Å². The molecule has 0 aliphatic carbocycles. The highest BCUT2D eigenvalue weighted by molar-refractivity contribution is 7.23. The predicted octanol–water partition coefficient (Wildman–Crippen LogP) is 2.69. The molecule has 102 valence electrons. The SMILES string of the molecule is CCNc1nnc(-c2cnc(CN3CCCC3)s2)s1. The van der Waals surface area contributed by atoms with Crippen LogP contribution in [0.25, 0.3) is 9.88 Å². The van der Waals surface area contributed by atoms with E-state index in [1.807, 2.05) is 6.20 Å². The van der Waals surface area contributed by atoms with Gasteiger partial charge in [-0.25, -0.2) is 4.98 Å². The molecule has 0 bridgehead atoms. The molecule has 3 heterocycles. The Labute approximate surface area is 120 Å². The van der Waals surface area contributed by atoms with Gasteiger partial charge in [0.1, 0.15) is 5.01 Å². The Morgan fingerprint density at radius 1 is 1.26 bits per heavy atom. The quantitative estimate of drug-likeness (QED) is 0.919. The number of hydrogen-bond acceptors (Lipinski definition) is 7. The van der Waals surface area contributed by atoms with Gasteiger partial charge in [-0.1, -0.05) is 11.3 Å². The second kappa shape index (κ2) is 5.94. The van der Waals surface area contributed by atoms with Gasteiger partial charge in [0, 0.05) is 12.7 Å². The summed E-state index contributed by atoms with van der Waals surface area (Å²) in [5.41, 5.74) is 0. The molecule has 0 atom stereocenters. The monoisotopic (exact) mass is 295 g/mol. The molecule has 0 unspecified atom stereocenters. The highest BCUT2D eigenvalue weighted by Crippen LogP contribution is 2.31. The van der Waals surface area contributed by atoms with Crippen LogP contribution < -0.4 is 5.32 Å². The molecule has 0 radical (unpaired) electrons. The summed E-state index contributed by atoms with van der Waals surface area (Å²) in [5.74, 6) is 0. The standard InChI is InChI=1S/C12H17N5S2/c1-2-13-12-16-15-11(19-12)9-7-14-10(18-9)8-17-5-3-4-6-17/h7H,2-6,8H2,1H3,(H,13,16). The molecule has 3 rings (SSSR count). The van der Waals surface area contributed by atoms with Crippen LogP contribution >= 0.6 is 22.7 Å². The predicted molar refractivity (Wildman–Crippen MR) is 79.7 cm³/mol. The third-order valence-electron chi connectivity index (χ3n) is 3.07. The van der Waals surface area contributed by atoms with Gasteiger partial charge >= 0.3 is 0 Å². The fourth-order valence-corrected chi connectivity index (χ4v) is 3.97. The van der Waals surface area contributed by atoms with Crippen LogP contribution in [0.2, 0.25) is 0 Å². The van der Waals surface area contributed by atoms with Gasteiger partial charge in [-0.3, -0.25) is 4.90 Å². The van der Waals surface area contributed by atoms with Crippen molar-refractivity contribution in [3.05, 3.63) is 11.2 Å². The minimum absolute atomic E-state index is 0.873. The van der Waals surface area contributed by atoms with Crippen molar-refractivity contribution in [3.8, 4) is 9.88 Å². The smallest absolute Gasteiger partial charge is 0.206 e. The molecule has 2 aromatic heterocycles. The molecular formula is C12H17N5S2. The second-order valence-electron chi connectivity index (χ2n) is 4.54. The van der Waals surface area contributed by atoms with Gasteiger partial charge in [0.25, 0.3) is 0 Å². The van der Waals surface area contributed by atoms with Gasteiger partial charge in [0.05, 0.1) is 11.4 Å². The maximum atomic E-state index is 4.51. The number of likely N-dealkylation sites (tertiary alicyclic amines) is 1. The molecule has 1 aliphatic rings. The largest absolute Gasteiger partial charge is 0.360 e. The van der Waals surface area contributed by atoms with Gasteiger partial charge in [0.2, 0.25) is 5.13 Å². The summed E-state index contributed by atoms with van der Waals surface area (Å²) in [6.45, 7) is 6.32. The fourth-order valence-electron chi connectivity index (χ4n) is 2.16. The Morgan fingerprint density at radius 3 is 2.89 bits per heavy atom. The molecule has 1 aliphatic heterocycles. The van der Waals surface area contributed by atoms with Gasteiger partial charge in [-0.2, -0.15) is 0 Å². The van der Waals surface area contributed by atoms with Crippen molar-refractivity contribution >= 4 is 27.8 Å². The first kappa shape index (κ1) is 13.0. The zero-order valence-corrected chi connectivity index (χ0v) is 12.6. The highest BCUT2D eigenvalue weighted by atomic mass is 32.1. The van der Waals surface area contributed by atoms with Crippen molar-refractivity contribution in [3.63, 3.8) is 0 Å². The number of anilines is 1. The molecule has 1 N–H and O–H groups in total. The molecule has 1 fully saturated rings. The van der Waals surface area contributed by atoms with Crippen LogP contribution in [-0.2, 0) is 6.54 Å². The number of rotatable bonds is 5. The summed E-state index contributed by atoms with van der Waals surface area (Å²) in [6, 6.07) is 0. The first-order chi connectivity index (χ1) is 9.35. The first-order valence-corrected chi connectivity index (χ1v) is 8.23. The number of thiazole rings is 1. The van der Waals surface area contributed by atoms with E-state index in [1.165, 1.54) is 30.9 Å². The Balaban J connectivity index is 1.68. The van der Waals surface area contributed by atoms with Crippen LogP contribution in [-0.4, -0.2) is 39.7 Å². The van der Waals surface area contributed by atoms with E-state index in [0.717, 1.165) is 28.1 Å². The topological polar surface area (TPSA) is 53.9 Å². The second-order valence-corrected chi connectivity index (χ2v) is 6.64. The van der Waals surface area contributed by atoms with E-state index in [9.17, 15) is 0 Å². The van der Waals surface area contributed by atoms with Crippen LogP contribution in [0.1, 0.15) is 24.8 Å². The van der Waals surface area contributed by atoms with Crippen LogP contribution in [0.3, 0.4) is 0 Å². The van der Waals surface area contributed by atoms with Gasteiger partial charge in [-0.05, 0) is 32.9 Å². The average molecular weight is 295 g/mol. The molecular weight excluding hydrogens is 278 g/mol. The van der Waals surface area contributed by atoms with Crippen LogP contribution in [0.4, 0.5) is 5.13 Å². The molecule has 7 heteroatoms. The molecule has 19 heavy (non-hydrogen) atoms. The minimum atomic E-state index is 0.873. The number of hydrogen-bond donors (Lipinski definition) is 1. The van der Waals surface area contributed by atoms with Crippen molar-refractivity contribution in [1.29, 1.82) is 0 Å². The van der Waals surface area contributed by atoms with Crippen molar-refractivity contribution in [2.24, 2.45) is 0 Å². The molecule has 0 aromatic carbocycles. The lowest BCUT2D eigenvalue weighted by atomic mass is 10.4. The summed E-state index contributed by atoms with van der Waals surface area (Å²) < 4.78 is 0. The lowest BCUT2D eigenvalue weighted by Gasteiger charge is -2.11. The summed E-state index contributed by atoms with van der Waals surface area (Å²) in [7, 11) is 0. The number of aromatic nitrogens is 3. The number of nitrogens with zero attached hydrogens (tertiary/aromatic N) is 4. The summed E-state index contributed by atoms with van der Waals surface area (Å²) >= 11 is 3.32.